The van der Waals surface area contributed by atoms with E-state index in [2.05, 4.69) is 10.6 Å². The summed E-state index contributed by atoms with van der Waals surface area (Å²) in [6, 6.07) is 15.2. The molecule has 4 rings (SSSR count). The number of furan rings is 1. The minimum absolute atomic E-state index is 0.0447. The van der Waals surface area contributed by atoms with Crippen LogP contribution >= 0.6 is 0 Å². The number of fused-ring (bicyclic) bond motifs is 2. The molecule has 134 valence electrons. The highest BCUT2D eigenvalue weighted by Crippen LogP contribution is 2.31. The van der Waals surface area contributed by atoms with Crippen LogP contribution in [0.3, 0.4) is 0 Å². The highest BCUT2D eigenvalue weighted by atomic mass is 16.3. The van der Waals surface area contributed by atoms with Crippen LogP contribution in [0.4, 0.5) is 5.69 Å². The van der Waals surface area contributed by atoms with E-state index in [1.54, 1.807) is 60.9 Å². The molecule has 2 aromatic carbocycles. The molecule has 0 fully saturated rings. The van der Waals surface area contributed by atoms with E-state index in [-0.39, 0.29) is 29.6 Å². The maximum Gasteiger partial charge on any atom is 0.238 e. The predicted molar refractivity (Wildman–Crippen MR) is 98.8 cm³/mol. The Morgan fingerprint density at radius 3 is 2.33 bits per heavy atom. The van der Waals surface area contributed by atoms with Gasteiger partial charge < -0.3 is 15.1 Å². The Kier molecular flexibility index (Phi) is 4.40. The molecule has 1 aliphatic rings. The highest BCUT2D eigenvalue weighted by Gasteiger charge is 2.31. The first kappa shape index (κ1) is 16.9. The topological polar surface area (TPSA) is 88.4 Å². The number of nitrogens with one attached hydrogen (secondary N) is 2. The van der Waals surface area contributed by atoms with E-state index in [0.29, 0.717) is 28.9 Å². The third-order valence-electron chi connectivity index (χ3n) is 4.39. The molecule has 1 aliphatic carbocycles. The van der Waals surface area contributed by atoms with Crippen LogP contribution in [0.5, 0.6) is 0 Å². The van der Waals surface area contributed by atoms with Crippen LogP contribution in [-0.2, 0) is 11.3 Å². The molecule has 6 heteroatoms. The van der Waals surface area contributed by atoms with Crippen molar-refractivity contribution < 1.29 is 18.8 Å². The average molecular weight is 360 g/mol. The average Bonchev–Trinajstić information content (AvgIpc) is 3.19. The summed E-state index contributed by atoms with van der Waals surface area (Å²) < 4.78 is 5.19. The first-order valence-corrected chi connectivity index (χ1v) is 8.49. The molecule has 6 nitrogen and oxygen atoms in total. The monoisotopic (exact) mass is 360 g/mol. The van der Waals surface area contributed by atoms with Gasteiger partial charge in [-0.15, -0.1) is 0 Å². The summed E-state index contributed by atoms with van der Waals surface area (Å²) in [7, 11) is 0. The Labute approximate surface area is 155 Å². The highest BCUT2D eigenvalue weighted by molar-refractivity contribution is 6.30. The van der Waals surface area contributed by atoms with Crippen molar-refractivity contribution in [2.45, 2.75) is 6.54 Å². The number of rotatable bonds is 5. The quantitative estimate of drug-likeness (QED) is 0.571. The summed E-state index contributed by atoms with van der Waals surface area (Å²) in [5, 5.41) is 5.69. The van der Waals surface area contributed by atoms with Gasteiger partial charge in [-0.2, -0.15) is 0 Å². The van der Waals surface area contributed by atoms with Crippen molar-refractivity contribution in [3.05, 3.63) is 88.9 Å². The lowest BCUT2D eigenvalue weighted by atomic mass is 9.83. The van der Waals surface area contributed by atoms with Gasteiger partial charge in [-0.05, 0) is 18.2 Å². The van der Waals surface area contributed by atoms with Crippen molar-refractivity contribution in [1.29, 1.82) is 0 Å². The van der Waals surface area contributed by atoms with Gasteiger partial charge in [0.1, 0.15) is 5.76 Å². The van der Waals surface area contributed by atoms with E-state index in [1.165, 1.54) is 0 Å². The molecule has 0 bridgehead atoms. The van der Waals surface area contributed by atoms with Crippen LogP contribution in [-0.4, -0.2) is 24.0 Å². The molecule has 0 saturated carbocycles. The maximum atomic E-state index is 12.9. The molecule has 1 amide bonds. The van der Waals surface area contributed by atoms with Crippen molar-refractivity contribution in [3.8, 4) is 0 Å². The molecular formula is C21H16N2O4. The normalized spacial score (nSPS) is 12.4. The van der Waals surface area contributed by atoms with E-state index in [1.807, 2.05) is 0 Å². The largest absolute Gasteiger partial charge is 0.468 e. The summed E-state index contributed by atoms with van der Waals surface area (Å²) in [5.74, 6) is -0.0711. The number of hydrogen-bond acceptors (Lipinski definition) is 5. The summed E-state index contributed by atoms with van der Waals surface area (Å²) in [6.07, 6.45) is 1.56. The summed E-state index contributed by atoms with van der Waals surface area (Å²) in [4.78, 5) is 37.9. The second-order valence-corrected chi connectivity index (χ2v) is 6.16. The van der Waals surface area contributed by atoms with Crippen molar-refractivity contribution in [3.63, 3.8) is 0 Å². The van der Waals surface area contributed by atoms with Gasteiger partial charge in [-0.25, -0.2) is 0 Å². The van der Waals surface area contributed by atoms with Crippen LogP contribution in [0.1, 0.15) is 37.6 Å². The van der Waals surface area contributed by atoms with Crippen LogP contribution in [0.15, 0.2) is 65.3 Å². The smallest absolute Gasteiger partial charge is 0.238 e. The zero-order valence-electron chi connectivity index (χ0n) is 14.3. The van der Waals surface area contributed by atoms with Crippen molar-refractivity contribution in [1.82, 2.24) is 5.32 Å². The molecule has 0 aliphatic heterocycles. The predicted octanol–water partition coefficient (Wildman–Crippen LogP) is 2.78. The Morgan fingerprint density at radius 2 is 1.59 bits per heavy atom. The molecule has 0 saturated heterocycles. The van der Waals surface area contributed by atoms with Crippen molar-refractivity contribution >= 4 is 23.2 Å². The zero-order valence-corrected chi connectivity index (χ0v) is 14.3. The fraction of sp³-hybridized carbons (Fsp3) is 0.0952. The number of amides is 1. The third kappa shape index (κ3) is 3.18. The van der Waals surface area contributed by atoms with Crippen LogP contribution in [0.25, 0.3) is 0 Å². The number of hydrogen-bond donors (Lipinski definition) is 2. The molecule has 3 aromatic rings. The van der Waals surface area contributed by atoms with E-state index in [0.717, 1.165) is 5.76 Å². The number of ketones is 2. The molecule has 1 heterocycles. The minimum Gasteiger partial charge on any atom is -0.468 e. The molecule has 27 heavy (non-hydrogen) atoms. The molecule has 0 atom stereocenters. The van der Waals surface area contributed by atoms with Gasteiger partial charge in [0.15, 0.2) is 11.6 Å². The second kappa shape index (κ2) is 7.01. The maximum absolute atomic E-state index is 12.9. The van der Waals surface area contributed by atoms with Crippen LogP contribution < -0.4 is 10.6 Å². The third-order valence-corrected chi connectivity index (χ3v) is 4.39. The van der Waals surface area contributed by atoms with E-state index in [9.17, 15) is 14.4 Å². The van der Waals surface area contributed by atoms with Gasteiger partial charge in [0.05, 0.1) is 30.6 Å². The van der Waals surface area contributed by atoms with Crippen LogP contribution in [0, 0.1) is 0 Å². The number of carbonyl (C=O) groups excluding carboxylic acids is 3. The first-order chi connectivity index (χ1) is 13.1. The van der Waals surface area contributed by atoms with Crippen LogP contribution in [0.2, 0.25) is 0 Å². The van der Waals surface area contributed by atoms with Crippen molar-refractivity contribution in [2.24, 2.45) is 0 Å². The van der Waals surface area contributed by atoms with Gasteiger partial charge in [0.25, 0.3) is 0 Å². The van der Waals surface area contributed by atoms with Gasteiger partial charge in [0.2, 0.25) is 5.91 Å². The number of carbonyl (C=O) groups is 3. The fourth-order valence-corrected chi connectivity index (χ4v) is 3.16. The lowest BCUT2D eigenvalue weighted by molar-refractivity contribution is -0.115. The summed E-state index contributed by atoms with van der Waals surface area (Å²) in [6.45, 7) is 0.460. The summed E-state index contributed by atoms with van der Waals surface area (Å²) >= 11 is 0. The SMILES string of the molecule is O=C(CNCc1ccco1)Nc1cccc2c1C(=O)c1ccccc1C2=O. The van der Waals surface area contributed by atoms with Crippen molar-refractivity contribution in [2.75, 3.05) is 11.9 Å². The lowest BCUT2D eigenvalue weighted by Gasteiger charge is -2.20. The molecule has 0 radical (unpaired) electrons. The molecule has 0 spiro atoms. The Bertz CT molecular complexity index is 1040. The Hall–Kier alpha value is -3.51. The van der Waals surface area contributed by atoms with Gasteiger partial charge in [0, 0.05) is 16.7 Å². The van der Waals surface area contributed by atoms with Gasteiger partial charge in [-0.1, -0.05) is 36.4 Å². The zero-order chi connectivity index (χ0) is 18.8. The van der Waals surface area contributed by atoms with Gasteiger partial charge >= 0.3 is 0 Å². The van der Waals surface area contributed by atoms with E-state index in [4.69, 9.17) is 4.42 Å². The second-order valence-electron chi connectivity index (χ2n) is 6.16. The van der Waals surface area contributed by atoms with E-state index < -0.39 is 0 Å². The number of benzene rings is 2. The first-order valence-electron chi connectivity index (χ1n) is 8.49. The van der Waals surface area contributed by atoms with E-state index >= 15 is 0 Å². The molecule has 2 N–H and O–H groups in total. The minimum atomic E-state index is -0.311. The van der Waals surface area contributed by atoms with Gasteiger partial charge in [-0.3, -0.25) is 14.4 Å². The lowest BCUT2D eigenvalue weighted by Crippen LogP contribution is -2.29. The summed E-state index contributed by atoms with van der Waals surface area (Å²) in [5.41, 5.74) is 1.62. The number of anilines is 1. The molecule has 1 aromatic heterocycles. The Balaban J connectivity index is 1.54. The molecular weight excluding hydrogens is 344 g/mol. The fourth-order valence-electron chi connectivity index (χ4n) is 3.16. The molecule has 0 unspecified atom stereocenters. The standard InChI is InChI=1S/C21H16N2O4/c24-18(12-22-11-13-5-4-10-27-13)23-17-9-3-8-16-19(17)21(26)15-7-2-1-6-14(15)20(16)25/h1-10,22H,11-12H2,(H,23,24). The Morgan fingerprint density at radius 1 is 0.852 bits per heavy atom.